The van der Waals surface area contributed by atoms with E-state index < -0.39 is 51.9 Å². The van der Waals surface area contributed by atoms with Crippen LogP contribution in [0.2, 0.25) is 0 Å². The molecule has 1 unspecified atom stereocenters. The Bertz CT molecular complexity index is 573. The van der Waals surface area contributed by atoms with Crippen LogP contribution in [0.25, 0.3) is 0 Å². The number of rotatable bonds is 21. The Balaban J connectivity index is 4.13. The van der Waals surface area contributed by atoms with Crippen molar-refractivity contribution in [3.63, 3.8) is 0 Å². The lowest BCUT2D eigenvalue weighted by Gasteiger charge is -2.28. The number of halogens is 2. The average molecular weight is 504 g/mol. The minimum absolute atomic E-state index is 0.0954. The zero-order valence-corrected chi connectivity index (χ0v) is 21.6. The molecule has 0 aromatic carbocycles. The highest BCUT2D eigenvalue weighted by Gasteiger charge is 2.30. The van der Waals surface area contributed by atoms with E-state index in [1.165, 1.54) is 19.3 Å². The standard InChI is InChI=1S/C22H44F2NO7P/c1-5-6-7-8-9-10-11-12-14-22(23,24)15-13-21(27)32-20(18-26)19-31-33(28,29)30-17-16-25(2,3)4/h20,26H,5-19H2,1-4H3/t20-/m0/s1. The van der Waals surface area contributed by atoms with Gasteiger partial charge >= 0.3 is 5.97 Å². The molecule has 0 aromatic heterocycles. The molecule has 0 spiro atoms. The van der Waals surface area contributed by atoms with Crippen LogP contribution in [0.3, 0.4) is 0 Å². The second-order valence-electron chi connectivity index (χ2n) is 9.47. The first-order valence-electron chi connectivity index (χ1n) is 11.9. The molecule has 0 radical (unpaired) electrons. The van der Waals surface area contributed by atoms with Gasteiger partial charge in [-0.05, 0) is 6.42 Å². The Morgan fingerprint density at radius 3 is 2.15 bits per heavy atom. The number of aliphatic hydroxyl groups excluding tert-OH is 1. The van der Waals surface area contributed by atoms with Gasteiger partial charge in [-0.1, -0.05) is 51.9 Å². The molecule has 33 heavy (non-hydrogen) atoms. The number of aliphatic hydroxyl groups is 1. The summed E-state index contributed by atoms with van der Waals surface area (Å²) in [5.41, 5.74) is 0. The van der Waals surface area contributed by atoms with Gasteiger partial charge in [0.25, 0.3) is 7.82 Å². The Hall–Kier alpha value is -0.640. The minimum atomic E-state index is -4.64. The molecule has 0 fully saturated rings. The van der Waals surface area contributed by atoms with Crippen LogP contribution < -0.4 is 4.89 Å². The Morgan fingerprint density at radius 2 is 1.61 bits per heavy atom. The monoisotopic (exact) mass is 503 g/mol. The molecule has 0 aliphatic carbocycles. The Labute approximate surface area is 197 Å². The first-order chi connectivity index (χ1) is 15.3. The fraction of sp³-hybridized carbons (Fsp3) is 0.955. The van der Waals surface area contributed by atoms with Crippen molar-refractivity contribution in [2.24, 2.45) is 0 Å². The maximum absolute atomic E-state index is 14.0. The maximum Gasteiger partial charge on any atom is 0.306 e. The highest BCUT2D eigenvalue weighted by molar-refractivity contribution is 7.45. The van der Waals surface area contributed by atoms with Crippen LogP contribution in [0.15, 0.2) is 0 Å². The van der Waals surface area contributed by atoms with Crippen molar-refractivity contribution in [3.8, 4) is 0 Å². The van der Waals surface area contributed by atoms with Crippen molar-refractivity contribution in [1.29, 1.82) is 0 Å². The molecule has 0 saturated carbocycles. The molecule has 0 aromatic rings. The number of esters is 1. The molecule has 0 saturated heterocycles. The van der Waals surface area contributed by atoms with Gasteiger partial charge in [0.2, 0.25) is 5.92 Å². The van der Waals surface area contributed by atoms with Crippen LogP contribution in [0.5, 0.6) is 0 Å². The average Bonchev–Trinajstić information content (AvgIpc) is 2.70. The lowest BCUT2D eigenvalue weighted by Crippen LogP contribution is -2.37. The summed E-state index contributed by atoms with van der Waals surface area (Å²) in [6, 6.07) is 0. The molecule has 0 amide bonds. The number of hydrogen-bond acceptors (Lipinski definition) is 7. The van der Waals surface area contributed by atoms with Crippen LogP contribution in [-0.4, -0.2) is 75.1 Å². The number of quaternary nitrogens is 1. The van der Waals surface area contributed by atoms with E-state index in [1.54, 1.807) is 0 Å². The topological polar surface area (TPSA) is 105 Å². The van der Waals surface area contributed by atoms with Gasteiger partial charge in [0.1, 0.15) is 19.3 Å². The van der Waals surface area contributed by atoms with Gasteiger partial charge in [0, 0.05) is 12.8 Å². The summed E-state index contributed by atoms with van der Waals surface area (Å²) in [5, 5.41) is 9.28. The summed E-state index contributed by atoms with van der Waals surface area (Å²) in [6.07, 6.45) is 5.06. The summed E-state index contributed by atoms with van der Waals surface area (Å²) in [5.74, 6) is -3.92. The van der Waals surface area contributed by atoms with E-state index in [0.717, 1.165) is 25.7 Å². The molecule has 0 bridgehead atoms. The summed E-state index contributed by atoms with van der Waals surface area (Å²) in [4.78, 5) is 23.6. The van der Waals surface area contributed by atoms with E-state index in [2.05, 4.69) is 11.4 Å². The molecule has 198 valence electrons. The Morgan fingerprint density at radius 1 is 1.03 bits per heavy atom. The second kappa shape index (κ2) is 16.9. The molecule has 1 N–H and O–H groups in total. The third kappa shape index (κ3) is 20.4. The highest BCUT2D eigenvalue weighted by atomic mass is 31.2. The van der Waals surface area contributed by atoms with Crippen molar-refractivity contribution in [1.82, 2.24) is 0 Å². The second-order valence-corrected chi connectivity index (χ2v) is 10.9. The van der Waals surface area contributed by atoms with Gasteiger partial charge in [-0.2, -0.15) is 0 Å². The summed E-state index contributed by atoms with van der Waals surface area (Å²) in [7, 11) is 0.944. The van der Waals surface area contributed by atoms with Crippen molar-refractivity contribution < 1.29 is 46.4 Å². The van der Waals surface area contributed by atoms with Gasteiger partial charge < -0.3 is 28.3 Å². The van der Waals surface area contributed by atoms with Gasteiger partial charge in [-0.15, -0.1) is 0 Å². The van der Waals surface area contributed by atoms with Crippen molar-refractivity contribution in [3.05, 3.63) is 0 Å². The molecule has 8 nitrogen and oxygen atoms in total. The number of alkyl halides is 2. The predicted octanol–water partition coefficient (Wildman–Crippen LogP) is 4.04. The molecular formula is C22H44F2NO7P. The van der Waals surface area contributed by atoms with Crippen molar-refractivity contribution in [2.75, 3.05) is 47.5 Å². The zero-order valence-electron chi connectivity index (χ0n) is 20.7. The maximum atomic E-state index is 14.0. The molecular weight excluding hydrogens is 459 g/mol. The van der Waals surface area contributed by atoms with E-state index in [1.807, 2.05) is 21.1 Å². The number of hydrogen-bond donors (Lipinski definition) is 1. The summed E-state index contributed by atoms with van der Waals surface area (Å²) >= 11 is 0. The number of phosphoric acid groups is 1. The van der Waals surface area contributed by atoms with E-state index in [9.17, 15) is 28.1 Å². The predicted molar refractivity (Wildman–Crippen MR) is 121 cm³/mol. The smallest absolute Gasteiger partial charge is 0.306 e. The van der Waals surface area contributed by atoms with Crippen LogP contribution in [0.4, 0.5) is 8.78 Å². The normalized spacial score (nSPS) is 15.3. The molecule has 0 aliphatic rings. The Kier molecular flexibility index (Phi) is 16.6. The number of likely N-dealkylation sites (N-methyl/N-ethyl adjacent to an activating group) is 1. The van der Waals surface area contributed by atoms with Crippen molar-refractivity contribution >= 4 is 13.8 Å². The van der Waals surface area contributed by atoms with Gasteiger partial charge in [0.15, 0.2) is 0 Å². The van der Waals surface area contributed by atoms with Gasteiger partial charge in [0.05, 0.1) is 40.8 Å². The lowest BCUT2D eigenvalue weighted by atomic mass is 10.0. The number of nitrogens with zero attached hydrogens (tertiary/aromatic N) is 1. The summed E-state index contributed by atoms with van der Waals surface area (Å²) < 4.78 is 54.5. The number of unbranched alkanes of at least 4 members (excludes halogenated alkanes) is 7. The fourth-order valence-corrected chi connectivity index (χ4v) is 3.66. The summed E-state index contributed by atoms with van der Waals surface area (Å²) in [6.45, 7) is 1.11. The number of phosphoric ester groups is 1. The van der Waals surface area contributed by atoms with E-state index >= 15 is 0 Å². The van der Waals surface area contributed by atoms with Crippen molar-refractivity contribution in [2.45, 2.75) is 89.6 Å². The number of ether oxygens (including phenoxy) is 1. The van der Waals surface area contributed by atoms with E-state index in [0.29, 0.717) is 17.4 Å². The largest absolute Gasteiger partial charge is 0.756 e. The first kappa shape index (κ1) is 32.4. The molecule has 0 aliphatic heterocycles. The molecule has 0 heterocycles. The molecule has 2 atom stereocenters. The number of carbonyl (C=O) groups excluding carboxylic acids is 1. The SMILES string of the molecule is CCCCCCCCCCC(F)(F)CCC(=O)O[C@@H](CO)COP(=O)([O-])OCC[N+](C)(C)C. The van der Waals surface area contributed by atoms with E-state index in [4.69, 9.17) is 9.26 Å². The molecule has 11 heteroatoms. The van der Waals surface area contributed by atoms with Gasteiger partial charge in [-0.3, -0.25) is 9.36 Å². The van der Waals surface area contributed by atoms with Gasteiger partial charge in [-0.25, -0.2) is 8.78 Å². The van der Waals surface area contributed by atoms with Crippen LogP contribution >= 0.6 is 7.82 Å². The molecule has 0 rings (SSSR count). The zero-order chi connectivity index (χ0) is 25.4. The quantitative estimate of drug-likeness (QED) is 0.109. The lowest BCUT2D eigenvalue weighted by molar-refractivity contribution is -0.870. The third-order valence-electron chi connectivity index (χ3n) is 5.02. The number of carbonyl (C=O) groups is 1. The van der Waals surface area contributed by atoms with Crippen LogP contribution in [0, 0.1) is 0 Å². The minimum Gasteiger partial charge on any atom is -0.756 e. The fourth-order valence-electron chi connectivity index (χ4n) is 2.93. The van der Waals surface area contributed by atoms with E-state index in [-0.39, 0.29) is 13.0 Å². The third-order valence-corrected chi connectivity index (χ3v) is 5.99. The first-order valence-corrected chi connectivity index (χ1v) is 13.3. The van der Waals surface area contributed by atoms with Crippen LogP contribution in [0.1, 0.15) is 77.6 Å². The highest BCUT2D eigenvalue weighted by Crippen LogP contribution is 2.38. The van der Waals surface area contributed by atoms with Crippen LogP contribution in [-0.2, 0) is 23.1 Å².